The molecule has 0 radical (unpaired) electrons. The van der Waals surface area contributed by atoms with Crippen LogP contribution in [0.15, 0.2) is 24.3 Å². The number of nitrogens with zero attached hydrogens (tertiary/aromatic N) is 1. The first-order chi connectivity index (χ1) is 18.0. The molecule has 1 rings (SSSR count). The second-order valence-electron chi connectivity index (χ2n) is 8.98. The summed E-state index contributed by atoms with van der Waals surface area (Å²) in [6.45, 7) is 4.41. The van der Waals surface area contributed by atoms with E-state index in [1.165, 1.54) is 6.07 Å². The normalized spacial score (nSPS) is 16.5. The fraction of sp³-hybridized carbons (Fsp3) is 0.727. The van der Waals surface area contributed by atoms with E-state index in [0.29, 0.717) is 27.1 Å². The van der Waals surface area contributed by atoms with Crippen LogP contribution in [0.4, 0.5) is 80.3 Å². The predicted molar refractivity (Wildman–Crippen MR) is 110 cm³/mol. The molecule has 1 aromatic rings. The fourth-order valence-corrected chi connectivity index (χ4v) is 3.64. The predicted octanol–water partition coefficient (Wildman–Crippen LogP) is 8.79. The summed E-state index contributed by atoms with van der Waals surface area (Å²) in [4.78, 5) is 1.57. The van der Waals surface area contributed by atoms with Crippen LogP contribution in [0.5, 0.6) is 0 Å². The van der Waals surface area contributed by atoms with Crippen molar-refractivity contribution in [2.75, 3.05) is 25.1 Å². The maximum absolute atomic E-state index is 14.7. The Morgan fingerprint density at radius 1 is 0.610 bits per heavy atom. The number of alkyl halides is 17. The van der Waals surface area contributed by atoms with E-state index in [1.807, 2.05) is 0 Å². The van der Waals surface area contributed by atoms with Crippen LogP contribution in [0, 0.1) is 0 Å². The van der Waals surface area contributed by atoms with Gasteiger partial charge in [-0.3, -0.25) is 0 Å². The van der Waals surface area contributed by atoms with Crippen LogP contribution in [-0.4, -0.2) is 67.8 Å². The second kappa shape index (κ2) is 10.8. The van der Waals surface area contributed by atoms with Gasteiger partial charge in [0.15, 0.2) is 0 Å². The lowest BCUT2D eigenvalue weighted by molar-refractivity contribution is -0.462. The van der Waals surface area contributed by atoms with Gasteiger partial charge in [-0.15, -0.1) is 0 Å². The number of hydrogen-bond acceptors (Lipinski definition) is 2. The highest BCUT2D eigenvalue weighted by atomic mass is 19.4. The second-order valence-corrected chi connectivity index (χ2v) is 8.98. The summed E-state index contributed by atoms with van der Waals surface area (Å²) in [6, 6.07) is 4.51. The number of rotatable bonds is 13. The summed E-state index contributed by atoms with van der Waals surface area (Å²) < 4.78 is 236. The van der Waals surface area contributed by atoms with Crippen molar-refractivity contribution in [1.29, 1.82) is 0 Å². The topological polar surface area (TPSA) is 12.5 Å². The molecule has 0 saturated carbocycles. The molecule has 0 aromatic heterocycles. The van der Waals surface area contributed by atoms with E-state index >= 15 is 0 Å². The zero-order valence-corrected chi connectivity index (χ0v) is 21.2. The molecule has 2 nitrogen and oxygen atoms in total. The lowest BCUT2D eigenvalue weighted by atomic mass is 9.83. The van der Waals surface area contributed by atoms with Crippen molar-refractivity contribution in [2.45, 2.75) is 80.4 Å². The van der Waals surface area contributed by atoms with Crippen molar-refractivity contribution < 1.29 is 79.4 Å². The molecule has 41 heavy (non-hydrogen) atoms. The molecule has 0 amide bonds. The van der Waals surface area contributed by atoms with Crippen molar-refractivity contribution in [2.24, 2.45) is 0 Å². The maximum atomic E-state index is 14.7. The van der Waals surface area contributed by atoms with Crippen LogP contribution < -0.4 is 4.90 Å². The molecule has 0 fully saturated rings. The van der Waals surface area contributed by atoms with Gasteiger partial charge in [0.2, 0.25) is 0 Å². The standard InChI is InChI=1S/C22H22F17NO/c1-5-40(6-2)13-9-7-8-12(10-13)14(3,41-4)11-15(23,24)16(25,26)17(27,28)18(29,30)19(31,32)20(33,34)21(35,36)22(37,38)39/h7-10H,5-6,11H2,1-4H3. The van der Waals surface area contributed by atoms with Crippen molar-refractivity contribution in [3.05, 3.63) is 29.8 Å². The zero-order chi connectivity index (χ0) is 32.9. The molecular weight excluding hydrogens is 617 g/mol. The smallest absolute Gasteiger partial charge is 0.374 e. The van der Waals surface area contributed by atoms with E-state index in [4.69, 9.17) is 4.74 Å². The monoisotopic (exact) mass is 639 g/mol. The molecule has 1 unspecified atom stereocenters. The van der Waals surface area contributed by atoms with Gasteiger partial charge in [-0.1, -0.05) is 12.1 Å². The molecule has 0 aliphatic rings. The summed E-state index contributed by atoms with van der Waals surface area (Å²) in [5.74, 6) is -56.7. The Morgan fingerprint density at radius 3 is 1.37 bits per heavy atom. The lowest BCUT2D eigenvalue weighted by Crippen LogP contribution is -2.74. The molecule has 1 aromatic carbocycles. The highest BCUT2D eigenvalue weighted by Gasteiger charge is 2.95. The van der Waals surface area contributed by atoms with Crippen molar-refractivity contribution >= 4 is 5.69 Å². The third-order valence-corrected chi connectivity index (χ3v) is 6.38. The van der Waals surface area contributed by atoms with E-state index < -0.39 is 65.2 Å². The minimum atomic E-state index is -8.66. The minimum absolute atomic E-state index is 0.232. The largest absolute Gasteiger partial charge is 0.460 e. The molecule has 1 atom stereocenters. The molecule has 0 aliphatic carbocycles. The minimum Gasteiger partial charge on any atom is -0.374 e. The Bertz CT molecular complexity index is 1050. The van der Waals surface area contributed by atoms with Crippen molar-refractivity contribution in [1.82, 2.24) is 0 Å². The number of anilines is 1. The van der Waals surface area contributed by atoms with Crippen LogP contribution in [-0.2, 0) is 10.3 Å². The number of ether oxygens (including phenoxy) is 1. The fourth-order valence-electron chi connectivity index (χ4n) is 3.64. The number of hydrogen-bond donors (Lipinski definition) is 0. The summed E-state index contributed by atoms with van der Waals surface area (Å²) in [6.07, 6.45) is -10.5. The van der Waals surface area contributed by atoms with Crippen LogP contribution >= 0.6 is 0 Å². The van der Waals surface area contributed by atoms with Gasteiger partial charge in [0.05, 0.1) is 12.0 Å². The highest BCUT2D eigenvalue weighted by Crippen LogP contribution is 2.64. The first-order valence-corrected chi connectivity index (χ1v) is 11.1. The van der Waals surface area contributed by atoms with Crippen molar-refractivity contribution in [3.8, 4) is 0 Å². The average Bonchev–Trinajstić information content (AvgIpc) is 2.83. The van der Waals surface area contributed by atoms with Gasteiger partial charge in [-0.25, -0.2) is 0 Å². The number of benzene rings is 1. The van der Waals surface area contributed by atoms with Gasteiger partial charge < -0.3 is 9.64 Å². The molecule has 0 aliphatic heterocycles. The molecule has 0 N–H and O–H groups in total. The first kappa shape index (κ1) is 36.8. The van der Waals surface area contributed by atoms with Gasteiger partial charge in [-0.2, -0.15) is 74.6 Å². The van der Waals surface area contributed by atoms with Crippen LogP contribution in [0.3, 0.4) is 0 Å². The van der Waals surface area contributed by atoms with Crippen LogP contribution in [0.1, 0.15) is 32.8 Å². The first-order valence-electron chi connectivity index (χ1n) is 11.1. The van der Waals surface area contributed by atoms with Gasteiger partial charge in [-0.05, 0) is 38.5 Å². The van der Waals surface area contributed by atoms with E-state index in [1.54, 1.807) is 18.7 Å². The van der Waals surface area contributed by atoms with E-state index in [2.05, 4.69) is 0 Å². The van der Waals surface area contributed by atoms with Gasteiger partial charge in [0, 0.05) is 25.9 Å². The van der Waals surface area contributed by atoms with Gasteiger partial charge >= 0.3 is 47.6 Å². The molecular formula is C22H22F17NO. The quantitative estimate of drug-likeness (QED) is 0.200. The molecule has 240 valence electrons. The Hall–Kier alpha value is -2.21. The number of halogens is 17. The highest BCUT2D eigenvalue weighted by molar-refractivity contribution is 5.49. The summed E-state index contributed by atoms with van der Waals surface area (Å²) >= 11 is 0. The Morgan fingerprint density at radius 2 is 1.00 bits per heavy atom. The third-order valence-electron chi connectivity index (χ3n) is 6.38. The summed E-state index contributed by atoms with van der Waals surface area (Å²) in [7, 11) is 0.568. The maximum Gasteiger partial charge on any atom is 0.460 e. The van der Waals surface area contributed by atoms with Crippen molar-refractivity contribution in [3.63, 3.8) is 0 Å². The van der Waals surface area contributed by atoms with Crippen LogP contribution in [0.2, 0.25) is 0 Å². The zero-order valence-electron chi connectivity index (χ0n) is 21.2. The summed E-state index contributed by atoms with van der Waals surface area (Å²) in [5.41, 5.74) is -3.05. The van der Waals surface area contributed by atoms with E-state index in [9.17, 15) is 74.6 Å². The number of methoxy groups -OCH3 is 1. The van der Waals surface area contributed by atoms with Gasteiger partial charge in [0.1, 0.15) is 0 Å². The molecule has 0 saturated heterocycles. The Labute approximate surface area is 221 Å². The summed E-state index contributed by atoms with van der Waals surface area (Å²) in [5, 5.41) is 0. The Balaban J connectivity index is 3.68. The molecule has 0 spiro atoms. The Kier molecular flexibility index (Phi) is 9.71. The van der Waals surface area contributed by atoms with Crippen LogP contribution in [0.25, 0.3) is 0 Å². The lowest BCUT2D eigenvalue weighted by Gasteiger charge is -2.44. The average molecular weight is 639 g/mol. The molecule has 0 heterocycles. The molecule has 0 bridgehead atoms. The van der Waals surface area contributed by atoms with E-state index in [-0.39, 0.29) is 5.69 Å². The SMILES string of the molecule is CCN(CC)c1cccc(C(C)(CC(F)(F)C(F)(F)C(F)(F)C(F)(F)C(F)(F)C(F)(F)C(F)(F)C(F)(F)F)OC)c1. The van der Waals surface area contributed by atoms with Gasteiger partial charge in [0.25, 0.3) is 0 Å². The molecule has 19 heteroatoms. The van der Waals surface area contributed by atoms with E-state index in [0.717, 1.165) is 18.2 Å². The third kappa shape index (κ3) is 5.50.